The quantitative estimate of drug-likeness (QED) is 0.755. The van der Waals surface area contributed by atoms with Gasteiger partial charge < -0.3 is 5.32 Å². The van der Waals surface area contributed by atoms with E-state index in [0.717, 1.165) is 27.0 Å². The number of nitrogens with one attached hydrogen (secondary N) is 1. The molecule has 3 aromatic rings. The summed E-state index contributed by atoms with van der Waals surface area (Å²) in [5.74, 6) is 0. The van der Waals surface area contributed by atoms with Crippen molar-refractivity contribution in [3.63, 3.8) is 0 Å². The number of nitrogens with zero attached hydrogens (tertiary/aromatic N) is 2. The van der Waals surface area contributed by atoms with Gasteiger partial charge in [0.25, 0.3) is 0 Å². The SMILES string of the molecule is Cc1nc(-c2ccc(NC(C)c3nccs3)cc2)cs1. The van der Waals surface area contributed by atoms with Crippen molar-refractivity contribution in [1.82, 2.24) is 9.97 Å². The second kappa shape index (κ2) is 5.73. The van der Waals surface area contributed by atoms with E-state index in [1.807, 2.05) is 18.5 Å². The van der Waals surface area contributed by atoms with E-state index in [-0.39, 0.29) is 6.04 Å². The normalized spacial score (nSPS) is 12.3. The molecule has 102 valence electrons. The second-order valence-electron chi connectivity index (χ2n) is 4.57. The standard InChI is InChI=1S/C15H15N3S2/c1-10(15-16-7-8-19-15)17-13-5-3-12(4-6-13)14-9-20-11(2)18-14/h3-10,17H,1-2H3. The van der Waals surface area contributed by atoms with E-state index in [1.54, 1.807) is 22.7 Å². The van der Waals surface area contributed by atoms with Gasteiger partial charge in [0, 0.05) is 28.2 Å². The Bertz CT molecular complexity index is 671. The Labute approximate surface area is 126 Å². The molecule has 0 radical (unpaired) electrons. The Balaban J connectivity index is 1.73. The van der Waals surface area contributed by atoms with Crippen molar-refractivity contribution in [2.75, 3.05) is 5.32 Å². The van der Waals surface area contributed by atoms with Gasteiger partial charge in [-0.25, -0.2) is 9.97 Å². The summed E-state index contributed by atoms with van der Waals surface area (Å²) in [7, 11) is 0. The maximum Gasteiger partial charge on any atom is 0.115 e. The largest absolute Gasteiger partial charge is 0.376 e. The lowest BCUT2D eigenvalue weighted by Gasteiger charge is -2.12. The number of aryl methyl sites for hydroxylation is 1. The third-order valence-corrected chi connectivity index (χ3v) is 4.74. The lowest BCUT2D eigenvalue weighted by atomic mass is 10.1. The first kappa shape index (κ1) is 13.3. The Morgan fingerprint density at radius 1 is 1.15 bits per heavy atom. The smallest absolute Gasteiger partial charge is 0.115 e. The Morgan fingerprint density at radius 3 is 2.55 bits per heavy atom. The van der Waals surface area contributed by atoms with Crippen molar-refractivity contribution in [3.8, 4) is 11.3 Å². The molecular formula is C15H15N3S2. The van der Waals surface area contributed by atoms with E-state index in [1.165, 1.54) is 0 Å². The second-order valence-corrected chi connectivity index (χ2v) is 6.55. The maximum atomic E-state index is 4.50. The molecule has 2 aromatic heterocycles. The van der Waals surface area contributed by atoms with Crippen molar-refractivity contribution in [2.24, 2.45) is 0 Å². The van der Waals surface area contributed by atoms with Crippen LogP contribution in [0.2, 0.25) is 0 Å². The molecule has 0 saturated heterocycles. The summed E-state index contributed by atoms with van der Waals surface area (Å²) < 4.78 is 0. The van der Waals surface area contributed by atoms with Crippen LogP contribution in [0.25, 0.3) is 11.3 Å². The highest BCUT2D eigenvalue weighted by Crippen LogP contribution is 2.25. The first-order valence-electron chi connectivity index (χ1n) is 6.41. The molecule has 5 heteroatoms. The van der Waals surface area contributed by atoms with Crippen LogP contribution in [0.4, 0.5) is 5.69 Å². The van der Waals surface area contributed by atoms with Crippen molar-refractivity contribution in [2.45, 2.75) is 19.9 Å². The highest BCUT2D eigenvalue weighted by molar-refractivity contribution is 7.10. The molecule has 0 aliphatic carbocycles. The lowest BCUT2D eigenvalue weighted by molar-refractivity contribution is 0.870. The van der Waals surface area contributed by atoms with Crippen LogP contribution >= 0.6 is 22.7 Å². The molecule has 2 heterocycles. The molecular weight excluding hydrogens is 286 g/mol. The predicted molar refractivity (Wildman–Crippen MR) is 86.4 cm³/mol. The van der Waals surface area contributed by atoms with Gasteiger partial charge in [-0.15, -0.1) is 22.7 Å². The van der Waals surface area contributed by atoms with Crippen molar-refractivity contribution in [1.29, 1.82) is 0 Å². The molecule has 1 N–H and O–H groups in total. The molecule has 0 aliphatic heterocycles. The van der Waals surface area contributed by atoms with Gasteiger partial charge in [-0.05, 0) is 26.0 Å². The summed E-state index contributed by atoms with van der Waals surface area (Å²) in [5, 5.41) is 9.75. The van der Waals surface area contributed by atoms with Gasteiger partial charge in [0.2, 0.25) is 0 Å². The van der Waals surface area contributed by atoms with Crippen molar-refractivity contribution >= 4 is 28.4 Å². The summed E-state index contributed by atoms with van der Waals surface area (Å²) in [5.41, 5.74) is 3.30. The van der Waals surface area contributed by atoms with Crippen molar-refractivity contribution < 1.29 is 0 Å². The zero-order chi connectivity index (χ0) is 13.9. The first-order chi connectivity index (χ1) is 9.72. The van der Waals surface area contributed by atoms with E-state index in [2.05, 4.69) is 51.9 Å². The lowest BCUT2D eigenvalue weighted by Crippen LogP contribution is -2.05. The van der Waals surface area contributed by atoms with Crippen LogP contribution in [0, 0.1) is 6.92 Å². The summed E-state index contributed by atoms with van der Waals surface area (Å²) in [6.07, 6.45) is 1.84. The van der Waals surface area contributed by atoms with Gasteiger partial charge in [0.05, 0.1) is 16.7 Å². The van der Waals surface area contributed by atoms with Crippen LogP contribution in [0.3, 0.4) is 0 Å². The van der Waals surface area contributed by atoms with Crippen molar-refractivity contribution in [3.05, 3.63) is 51.2 Å². The minimum absolute atomic E-state index is 0.224. The van der Waals surface area contributed by atoms with Crippen LogP contribution in [-0.2, 0) is 0 Å². The summed E-state index contributed by atoms with van der Waals surface area (Å²) in [4.78, 5) is 8.83. The molecule has 20 heavy (non-hydrogen) atoms. The number of rotatable bonds is 4. The van der Waals surface area contributed by atoms with E-state index < -0.39 is 0 Å². The average Bonchev–Trinajstić information content (AvgIpc) is 3.10. The fourth-order valence-corrected chi connectivity index (χ4v) is 3.26. The topological polar surface area (TPSA) is 37.8 Å². The van der Waals surface area contributed by atoms with E-state index in [0.29, 0.717) is 0 Å². The maximum absolute atomic E-state index is 4.50. The highest BCUT2D eigenvalue weighted by atomic mass is 32.1. The number of benzene rings is 1. The zero-order valence-electron chi connectivity index (χ0n) is 11.3. The third kappa shape index (κ3) is 2.89. The minimum atomic E-state index is 0.224. The molecule has 0 saturated carbocycles. The van der Waals surface area contributed by atoms with Crippen LogP contribution < -0.4 is 5.32 Å². The molecule has 0 spiro atoms. The Morgan fingerprint density at radius 2 is 1.95 bits per heavy atom. The molecule has 1 aromatic carbocycles. The van der Waals surface area contributed by atoms with Gasteiger partial charge in [-0.1, -0.05) is 12.1 Å². The van der Waals surface area contributed by atoms with Gasteiger partial charge in [0.15, 0.2) is 0 Å². The molecule has 3 nitrogen and oxygen atoms in total. The van der Waals surface area contributed by atoms with Crippen LogP contribution in [0.1, 0.15) is 23.0 Å². The number of hydrogen-bond donors (Lipinski definition) is 1. The van der Waals surface area contributed by atoms with Gasteiger partial charge in [-0.3, -0.25) is 0 Å². The molecule has 0 fully saturated rings. The number of aromatic nitrogens is 2. The number of anilines is 1. The fraction of sp³-hybridized carbons (Fsp3) is 0.200. The van der Waals surface area contributed by atoms with Crippen LogP contribution in [0.15, 0.2) is 41.2 Å². The Kier molecular flexibility index (Phi) is 3.80. The van der Waals surface area contributed by atoms with Gasteiger partial charge in [0.1, 0.15) is 5.01 Å². The van der Waals surface area contributed by atoms with E-state index >= 15 is 0 Å². The third-order valence-electron chi connectivity index (χ3n) is 3.00. The number of thiazole rings is 2. The van der Waals surface area contributed by atoms with Crippen LogP contribution in [0.5, 0.6) is 0 Å². The molecule has 3 rings (SSSR count). The summed E-state index contributed by atoms with van der Waals surface area (Å²) in [6, 6.07) is 8.61. The average molecular weight is 301 g/mol. The summed E-state index contributed by atoms with van der Waals surface area (Å²) >= 11 is 3.35. The van der Waals surface area contributed by atoms with Gasteiger partial charge >= 0.3 is 0 Å². The van der Waals surface area contributed by atoms with Crippen LogP contribution in [-0.4, -0.2) is 9.97 Å². The molecule has 0 bridgehead atoms. The molecule has 0 aliphatic rings. The summed E-state index contributed by atoms with van der Waals surface area (Å²) in [6.45, 7) is 4.15. The fourth-order valence-electron chi connectivity index (χ4n) is 1.99. The highest BCUT2D eigenvalue weighted by Gasteiger charge is 2.08. The molecule has 1 atom stereocenters. The monoisotopic (exact) mass is 301 g/mol. The first-order valence-corrected chi connectivity index (χ1v) is 8.17. The van der Waals surface area contributed by atoms with Gasteiger partial charge in [-0.2, -0.15) is 0 Å². The molecule has 0 amide bonds. The van der Waals surface area contributed by atoms with E-state index in [4.69, 9.17) is 0 Å². The predicted octanol–water partition coefficient (Wildman–Crippen LogP) is 4.75. The minimum Gasteiger partial charge on any atom is -0.376 e. The molecule has 1 unspecified atom stereocenters. The van der Waals surface area contributed by atoms with E-state index in [9.17, 15) is 0 Å². The Hall–Kier alpha value is -1.72. The number of hydrogen-bond acceptors (Lipinski definition) is 5. The zero-order valence-corrected chi connectivity index (χ0v) is 13.0.